The van der Waals surface area contributed by atoms with Crippen LogP contribution in [-0.2, 0) is 0 Å². The van der Waals surface area contributed by atoms with Gasteiger partial charge in [-0.05, 0) is 26.7 Å². The molecule has 1 aromatic heterocycles. The second-order valence-electron chi connectivity index (χ2n) is 5.10. The zero-order valence-corrected chi connectivity index (χ0v) is 11.1. The highest BCUT2D eigenvalue weighted by Gasteiger charge is 2.28. The monoisotopic (exact) mass is 245 g/mol. The molecular weight excluding hydrogens is 226 g/mol. The molecule has 1 fully saturated rings. The Morgan fingerprint density at radius 3 is 2.72 bits per heavy atom. The predicted molar refractivity (Wildman–Crippen MR) is 71.2 cm³/mol. The van der Waals surface area contributed by atoms with Crippen LogP contribution in [0.5, 0.6) is 0 Å². The van der Waals surface area contributed by atoms with Crippen LogP contribution in [0, 0.1) is 24.2 Å². The molecule has 1 atom stereocenters. The van der Waals surface area contributed by atoms with E-state index in [0.717, 1.165) is 30.0 Å². The summed E-state index contributed by atoms with van der Waals surface area (Å²) in [5, 5.41) is 8.87. The number of hydrogen-bond donors (Lipinski definition) is 1. The third kappa shape index (κ3) is 2.53. The SMILES string of the molecule is Cc1c(N)nc(C2CC2)nc1N(C)CC(C)C#N. The Hall–Kier alpha value is -1.83. The lowest BCUT2D eigenvalue weighted by Crippen LogP contribution is -2.26. The molecule has 1 heterocycles. The van der Waals surface area contributed by atoms with Crippen molar-refractivity contribution in [3.63, 3.8) is 0 Å². The molecule has 0 saturated heterocycles. The van der Waals surface area contributed by atoms with Crippen LogP contribution in [0.25, 0.3) is 0 Å². The van der Waals surface area contributed by atoms with Crippen LogP contribution in [0.15, 0.2) is 0 Å². The topological polar surface area (TPSA) is 78.8 Å². The molecular formula is C13H19N5. The van der Waals surface area contributed by atoms with Gasteiger partial charge in [-0.2, -0.15) is 5.26 Å². The third-order valence-electron chi connectivity index (χ3n) is 3.25. The Kier molecular flexibility index (Phi) is 3.37. The standard InChI is InChI=1S/C13H19N5/c1-8(6-14)7-18(3)13-9(2)11(15)16-12(17-13)10-4-5-10/h8,10H,4-5,7H2,1-3H3,(H2,15,16,17). The van der Waals surface area contributed by atoms with Crippen molar-refractivity contribution in [1.82, 2.24) is 9.97 Å². The van der Waals surface area contributed by atoms with E-state index in [0.29, 0.717) is 18.3 Å². The molecule has 96 valence electrons. The zero-order chi connectivity index (χ0) is 13.3. The van der Waals surface area contributed by atoms with Crippen molar-refractivity contribution in [2.24, 2.45) is 5.92 Å². The van der Waals surface area contributed by atoms with Crippen LogP contribution in [0.1, 0.15) is 37.1 Å². The van der Waals surface area contributed by atoms with Gasteiger partial charge in [-0.3, -0.25) is 0 Å². The van der Waals surface area contributed by atoms with Crippen LogP contribution >= 0.6 is 0 Å². The maximum Gasteiger partial charge on any atom is 0.137 e. The van der Waals surface area contributed by atoms with Crippen LogP contribution in [0.3, 0.4) is 0 Å². The first-order chi connectivity index (χ1) is 8.52. The molecule has 2 rings (SSSR count). The molecule has 1 aliphatic carbocycles. The average Bonchev–Trinajstić information content (AvgIpc) is 3.16. The molecule has 18 heavy (non-hydrogen) atoms. The fraction of sp³-hybridized carbons (Fsp3) is 0.615. The highest BCUT2D eigenvalue weighted by atomic mass is 15.2. The molecule has 0 bridgehead atoms. The van der Waals surface area contributed by atoms with Gasteiger partial charge in [-0.15, -0.1) is 0 Å². The number of nitriles is 1. The van der Waals surface area contributed by atoms with Crippen molar-refractivity contribution < 1.29 is 0 Å². The number of nitrogens with two attached hydrogens (primary N) is 1. The van der Waals surface area contributed by atoms with Crippen molar-refractivity contribution in [1.29, 1.82) is 5.26 Å². The summed E-state index contributed by atoms with van der Waals surface area (Å²) < 4.78 is 0. The normalized spacial score (nSPS) is 16.1. The molecule has 0 amide bonds. The number of nitrogen functional groups attached to an aromatic ring is 1. The van der Waals surface area contributed by atoms with Gasteiger partial charge in [0.15, 0.2) is 0 Å². The van der Waals surface area contributed by atoms with Gasteiger partial charge < -0.3 is 10.6 Å². The van der Waals surface area contributed by atoms with Gasteiger partial charge in [-0.1, -0.05) is 0 Å². The molecule has 1 aliphatic rings. The van der Waals surface area contributed by atoms with Crippen LogP contribution in [0.2, 0.25) is 0 Å². The highest BCUT2D eigenvalue weighted by Crippen LogP contribution is 2.39. The molecule has 2 N–H and O–H groups in total. The molecule has 1 aromatic rings. The van der Waals surface area contributed by atoms with E-state index in [1.165, 1.54) is 0 Å². The van der Waals surface area contributed by atoms with E-state index < -0.39 is 0 Å². The first-order valence-electron chi connectivity index (χ1n) is 6.27. The zero-order valence-electron chi connectivity index (χ0n) is 11.1. The van der Waals surface area contributed by atoms with Gasteiger partial charge in [-0.25, -0.2) is 9.97 Å². The summed E-state index contributed by atoms with van der Waals surface area (Å²) in [7, 11) is 1.94. The number of hydrogen-bond acceptors (Lipinski definition) is 5. The van der Waals surface area contributed by atoms with Gasteiger partial charge >= 0.3 is 0 Å². The molecule has 0 aromatic carbocycles. The number of rotatable bonds is 4. The van der Waals surface area contributed by atoms with Gasteiger partial charge in [0.1, 0.15) is 17.5 Å². The second kappa shape index (κ2) is 4.81. The van der Waals surface area contributed by atoms with E-state index in [2.05, 4.69) is 16.0 Å². The molecule has 1 unspecified atom stereocenters. The minimum absolute atomic E-state index is 0.0324. The van der Waals surface area contributed by atoms with Crippen molar-refractivity contribution in [3.8, 4) is 6.07 Å². The number of aromatic nitrogens is 2. The van der Waals surface area contributed by atoms with Crippen molar-refractivity contribution in [2.45, 2.75) is 32.6 Å². The Bertz CT molecular complexity index is 487. The Labute approximate surface area is 108 Å². The average molecular weight is 245 g/mol. The quantitative estimate of drug-likeness (QED) is 0.875. The van der Waals surface area contributed by atoms with Crippen molar-refractivity contribution in [2.75, 3.05) is 24.2 Å². The third-order valence-corrected chi connectivity index (χ3v) is 3.25. The summed E-state index contributed by atoms with van der Waals surface area (Å²) in [5.41, 5.74) is 6.84. The fourth-order valence-corrected chi connectivity index (χ4v) is 1.97. The molecule has 0 aliphatic heterocycles. The summed E-state index contributed by atoms with van der Waals surface area (Å²) in [4.78, 5) is 11.0. The number of nitrogens with zero attached hydrogens (tertiary/aromatic N) is 4. The summed E-state index contributed by atoms with van der Waals surface area (Å²) in [6, 6.07) is 2.23. The molecule has 5 heteroatoms. The lowest BCUT2D eigenvalue weighted by Gasteiger charge is -2.22. The van der Waals surface area contributed by atoms with E-state index in [4.69, 9.17) is 11.0 Å². The summed E-state index contributed by atoms with van der Waals surface area (Å²) in [5.74, 6) is 2.71. The maximum atomic E-state index is 8.87. The molecule has 5 nitrogen and oxygen atoms in total. The lowest BCUT2D eigenvalue weighted by atomic mass is 10.2. The minimum atomic E-state index is -0.0324. The van der Waals surface area contributed by atoms with Gasteiger partial charge in [0.25, 0.3) is 0 Å². The fourth-order valence-electron chi connectivity index (χ4n) is 1.97. The van der Waals surface area contributed by atoms with Gasteiger partial charge in [0, 0.05) is 25.1 Å². The summed E-state index contributed by atoms with van der Waals surface area (Å²) in [6.07, 6.45) is 2.31. The van der Waals surface area contributed by atoms with Crippen molar-refractivity contribution >= 4 is 11.6 Å². The van der Waals surface area contributed by atoms with E-state index in [1.807, 2.05) is 25.8 Å². The summed E-state index contributed by atoms with van der Waals surface area (Å²) in [6.45, 7) is 4.48. The van der Waals surface area contributed by atoms with E-state index >= 15 is 0 Å². The van der Waals surface area contributed by atoms with Crippen LogP contribution in [-0.4, -0.2) is 23.6 Å². The second-order valence-corrected chi connectivity index (χ2v) is 5.10. The van der Waals surface area contributed by atoms with Gasteiger partial charge in [0.05, 0.1) is 12.0 Å². The lowest BCUT2D eigenvalue weighted by molar-refractivity contribution is 0.704. The van der Waals surface area contributed by atoms with Crippen LogP contribution < -0.4 is 10.6 Å². The number of anilines is 2. The van der Waals surface area contributed by atoms with Gasteiger partial charge in [0.2, 0.25) is 0 Å². The highest BCUT2D eigenvalue weighted by molar-refractivity contribution is 5.56. The van der Waals surface area contributed by atoms with E-state index in [9.17, 15) is 0 Å². The molecule has 0 radical (unpaired) electrons. The maximum absolute atomic E-state index is 8.87. The van der Waals surface area contributed by atoms with Crippen molar-refractivity contribution in [3.05, 3.63) is 11.4 Å². The van der Waals surface area contributed by atoms with E-state index in [1.54, 1.807) is 0 Å². The Morgan fingerprint density at radius 2 is 2.17 bits per heavy atom. The Balaban J connectivity index is 2.28. The van der Waals surface area contributed by atoms with Crippen LogP contribution in [0.4, 0.5) is 11.6 Å². The van der Waals surface area contributed by atoms with E-state index in [-0.39, 0.29) is 5.92 Å². The molecule has 1 saturated carbocycles. The summed E-state index contributed by atoms with van der Waals surface area (Å²) >= 11 is 0. The minimum Gasteiger partial charge on any atom is -0.383 e. The predicted octanol–water partition coefficient (Wildman–Crippen LogP) is 1.84. The Morgan fingerprint density at radius 1 is 1.50 bits per heavy atom. The first-order valence-corrected chi connectivity index (χ1v) is 6.27. The smallest absolute Gasteiger partial charge is 0.137 e. The molecule has 0 spiro atoms. The largest absolute Gasteiger partial charge is 0.383 e. The first kappa shape index (κ1) is 12.6.